The second-order valence-electron chi connectivity index (χ2n) is 7.79. The molecule has 156 valence electrons. The van der Waals surface area contributed by atoms with Gasteiger partial charge in [-0.1, -0.05) is 42.0 Å². The molecule has 30 heavy (non-hydrogen) atoms. The highest BCUT2D eigenvalue weighted by Crippen LogP contribution is 2.44. The summed E-state index contributed by atoms with van der Waals surface area (Å²) >= 11 is 0. The van der Waals surface area contributed by atoms with Crippen molar-refractivity contribution < 1.29 is 17.3 Å². The van der Waals surface area contributed by atoms with E-state index in [1.165, 1.54) is 24.7 Å². The maximum absolute atomic E-state index is 13.1. The van der Waals surface area contributed by atoms with Gasteiger partial charge in [0.2, 0.25) is 0 Å². The smallest absolute Gasteiger partial charge is 0.339 e. The summed E-state index contributed by atoms with van der Waals surface area (Å²) in [7, 11) is -2.48. The molecule has 3 aromatic rings. The minimum Gasteiger partial charge on any atom is -0.493 e. The van der Waals surface area contributed by atoms with Gasteiger partial charge in [0.15, 0.2) is 11.5 Å². The molecule has 0 N–H and O–H groups in total. The number of hydrogen-bond donors (Lipinski definition) is 0. The molecule has 0 radical (unpaired) electrons. The molecule has 4 rings (SSSR count). The minimum atomic E-state index is -4.01. The topological polar surface area (TPSA) is 52.6 Å². The lowest BCUT2D eigenvalue weighted by molar-refractivity contribution is 0.391. The first-order chi connectivity index (χ1) is 14.4. The van der Waals surface area contributed by atoms with Gasteiger partial charge < -0.3 is 8.92 Å². The average molecular weight is 423 g/mol. The Balaban J connectivity index is 1.88. The number of rotatable bonds is 5. The summed E-state index contributed by atoms with van der Waals surface area (Å²) in [4.78, 5) is 0.122. The third-order valence-corrected chi connectivity index (χ3v) is 6.95. The van der Waals surface area contributed by atoms with Crippen LogP contribution in [0.4, 0.5) is 0 Å². The molecular weight excluding hydrogens is 396 g/mol. The first-order valence-electron chi connectivity index (χ1n) is 10.2. The number of methoxy groups -OCH3 is 1. The van der Waals surface area contributed by atoms with Crippen molar-refractivity contribution in [3.05, 3.63) is 76.9 Å². The molecule has 0 aromatic heterocycles. The molecule has 0 saturated heterocycles. The van der Waals surface area contributed by atoms with Crippen LogP contribution in [0.25, 0.3) is 11.1 Å². The third-order valence-electron chi connectivity index (χ3n) is 5.71. The zero-order valence-corrected chi connectivity index (χ0v) is 18.4. The van der Waals surface area contributed by atoms with E-state index in [0.29, 0.717) is 5.75 Å². The average Bonchev–Trinajstić information content (AvgIpc) is 2.74. The molecule has 1 aliphatic rings. The Morgan fingerprint density at radius 3 is 2.33 bits per heavy atom. The number of hydrogen-bond acceptors (Lipinski definition) is 4. The predicted molar refractivity (Wildman–Crippen MR) is 119 cm³/mol. The molecular formula is C25H26O4S. The Morgan fingerprint density at radius 2 is 1.60 bits per heavy atom. The van der Waals surface area contributed by atoms with Crippen LogP contribution in [0.5, 0.6) is 11.5 Å². The SMILES string of the molecule is COc1cccc(-c2c(C)ccc3c2CCCC3)c1OS(=O)(=O)c1ccc(C)cc1. The fourth-order valence-electron chi connectivity index (χ4n) is 4.14. The fraction of sp³-hybridized carbons (Fsp3) is 0.280. The summed E-state index contributed by atoms with van der Waals surface area (Å²) in [6.45, 7) is 3.97. The summed E-state index contributed by atoms with van der Waals surface area (Å²) in [5.41, 5.74) is 6.51. The van der Waals surface area contributed by atoms with Gasteiger partial charge in [-0.05, 0) is 80.0 Å². The summed E-state index contributed by atoms with van der Waals surface area (Å²) in [5.74, 6) is 0.638. The molecule has 0 saturated carbocycles. The Bertz CT molecular complexity index is 1180. The van der Waals surface area contributed by atoms with Crippen molar-refractivity contribution in [1.82, 2.24) is 0 Å². The van der Waals surface area contributed by atoms with Crippen LogP contribution in [-0.4, -0.2) is 15.5 Å². The van der Waals surface area contributed by atoms with Crippen molar-refractivity contribution >= 4 is 10.1 Å². The molecule has 0 unspecified atom stereocenters. The molecule has 3 aromatic carbocycles. The van der Waals surface area contributed by atoms with E-state index in [2.05, 4.69) is 19.1 Å². The maximum Gasteiger partial charge on any atom is 0.339 e. The molecule has 4 nitrogen and oxygen atoms in total. The lowest BCUT2D eigenvalue weighted by Crippen LogP contribution is -2.12. The highest BCUT2D eigenvalue weighted by Gasteiger charge is 2.25. The molecule has 5 heteroatoms. The molecule has 0 atom stereocenters. The third kappa shape index (κ3) is 3.82. The van der Waals surface area contributed by atoms with E-state index in [-0.39, 0.29) is 10.6 Å². The van der Waals surface area contributed by atoms with Crippen LogP contribution in [0.1, 0.15) is 35.1 Å². The van der Waals surface area contributed by atoms with Crippen LogP contribution in [0.2, 0.25) is 0 Å². The van der Waals surface area contributed by atoms with Crippen molar-refractivity contribution in [3.8, 4) is 22.6 Å². The van der Waals surface area contributed by atoms with Crippen molar-refractivity contribution in [2.45, 2.75) is 44.4 Å². The zero-order chi connectivity index (χ0) is 21.3. The standard InChI is InChI=1S/C25H26O4S/c1-17-11-15-20(16-12-17)30(26,27)29-25-22(9-6-10-23(25)28-3)24-18(2)13-14-19-7-4-5-8-21(19)24/h6,9-16H,4-5,7-8H2,1-3H3. The molecule has 0 fully saturated rings. The van der Waals surface area contributed by atoms with Crippen LogP contribution in [0, 0.1) is 13.8 Å². The van der Waals surface area contributed by atoms with Crippen molar-refractivity contribution in [3.63, 3.8) is 0 Å². The Kier molecular flexibility index (Phi) is 5.56. The van der Waals surface area contributed by atoms with Crippen molar-refractivity contribution in [2.75, 3.05) is 7.11 Å². The van der Waals surface area contributed by atoms with Crippen LogP contribution < -0.4 is 8.92 Å². The van der Waals surface area contributed by atoms with Gasteiger partial charge in [-0.3, -0.25) is 0 Å². The fourth-order valence-corrected chi connectivity index (χ4v) is 5.10. The van der Waals surface area contributed by atoms with Crippen LogP contribution in [0.3, 0.4) is 0 Å². The molecule has 0 bridgehead atoms. The van der Waals surface area contributed by atoms with E-state index in [1.807, 2.05) is 19.1 Å². The quantitative estimate of drug-likeness (QED) is 0.500. The second-order valence-corrected chi connectivity index (χ2v) is 9.34. The molecule has 0 spiro atoms. The summed E-state index contributed by atoms with van der Waals surface area (Å²) in [6.07, 6.45) is 4.34. The van der Waals surface area contributed by atoms with Gasteiger partial charge in [0.25, 0.3) is 0 Å². The van der Waals surface area contributed by atoms with E-state index in [4.69, 9.17) is 8.92 Å². The monoisotopic (exact) mass is 422 g/mol. The zero-order valence-electron chi connectivity index (χ0n) is 17.6. The first-order valence-corrected chi connectivity index (χ1v) is 11.6. The molecule has 0 amide bonds. The largest absolute Gasteiger partial charge is 0.493 e. The van der Waals surface area contributed by atoms with Gasteiger partial charge in [-0.15, -0.1) is 0 Å². The van der Waals surface area contributed by atoms with Gasteiger partial charge >= 0.3 is 10.1 Å². The molecule has 1 aliphatic carbocycles. The Labute approximate surface area is 178 Å². The van der Waals surface area contributed by atoms with Gasteiger partial charge in [-0.25, -0.2) is 0 Å². The summed E-state index contributed by atoms with van der Waals surface area (Å²) in [6, 6.07) is 16.5. The summed E-state index contributed by atoms with van der Waals surface area (Å²) < 4.78 is 37.4. The highest BCUT2D eigenvalue weighted by molar-refractivity contribution is 7.87. The molecule has 0 aliphatic heterocycles. The van der Waals surface area contributed by atoms with Gasteiger partial charge in [0.05, 0.1) is 7.11 Å². The van der Waals surface area contributed by atoms with Gasteiger partial charge in [0, 0.05) is 5.56 Å². The van der Waals surface area contributed by atoms with E-state index >= 15 is 0 Å². The first kappa shape index (κ1) is 20.5. The van der Waals surface area contributed by atoms with Crippen LogP contribution >= 0.6 is 0 Å². The molecule has 0 heterocycles. The van der Waals surface area contributed by atoms with Crippen molar-refractivity contribution in [2.24, 2.45) is 0 Å². The maximum atomic E-state index is 13.1. The van der Waals surface area contributed by atoms with E-state index in [9.17, 15) is 8.42 Å². The number of benzene rings is 3. The number of aryl methyl sites for hydroxylation is 3. The van der Waals surface area contributed by atoms with Crippen LogP contribution in [-0.2, 0) is 23.0 Å². The highest BCUT2D eigenvalue weighted by atomic mass is 32.2. The minimum absolute atomic E-state index is 0.122. The number of ether oxygens (including phenoxy) is 1. The lowest BCUT2D eigenvalue weighted by atomic mass is 9.83. The van der Waals surface area contributed by atoms with E-state index < -0.39 is 10.1 Å². The lowest BCUT2D eigenvalue weighted by Gasteiger charge is -2.23. The van der Waals surface area contributed by atoms with Crippen LogP contribution in [0.15, 0.2) is 59.5 Å². The van der Waals surface area contributed by atoms with E-state index in [0.717, 1.165) is 41.5 Å². The van der Waals surface area contributed by atoms with Crippen molar-refractivity contribution in [1.29, 1.82) is 0 Å². The van der Waals surface area contributed by atoms with E-state index in [1.54, 1.807) is 30.3 Å². The van der Waals surface area contributed by atoms with Gasteiger partial charge in [0.1, 0.15) is 4.90 Å². The normalized spacial score (nSPS) is 13.6. The Hall–Kier alpha value is -2.79. The van der Waals surface area contributed by atoms with Gasteiger partial charge in [-0.2, -0.15) is 8.42 Å². The number of fused-ring (bicyclic) bond motifs is 1. The second kappa shape index (κ2) is 8.15. The predicted octanol–water partition coefficient (Wildman–Crippen LogP) is 5.63. The number of para-hydroxylation sites is 1. The Morgan fingerprint density at radius 1 is 0.867 bits per heavy atom. The summed E-state index contributed by atoms with van der Waals surface area (Å²) in [5, 5.41) is 0.